The number of hydrazine groups is 1. The summed E-state index contributed by atoms with van der Waals surface area (Å²) in [6.07, 6.45) is -0.111. The lowest BCUT2D eigenvalue weighted by molar-refractivity contribution is -0.151. The van der Waals surface area contributed by atoms with Crippen LogP contribution >= 0.6 is 0 Å². The molecule has 0 radical (unpaired) electrons. The number of amides is 3. The molecule has 184 valence electrons. The summed E-state index contributed by atoms with van der Waals surface area (Å²) in [6, 6.07) is 25.7. The van der Waals surface area contributed by atoms with Crippen molar-refractivity contribution in [3.8, 4) is 0 Å². The second-order valence-corrected chi connectivity index (χ2v) is 8.66. The minimum Gasteiger partial charge on any atom is -0.455 e. The molecular formula is C28H27N3O5. The fourth-order valence-electron chi connectivity index (χ4n) is 4.05. The molecule has 1 aliphatic heterocycles. The summed E-state index contributed by atoms with van der Waals surface area (Å²) in [4.78, 5) is 50.4. The Bertz CT molecular complexity index is 1190. The monoisotopic (exact) mass is 485 g/mol. The fourth-order valence-corrected chi connectivity index (χ4v) is 4.05. The van der Waals surface area contributed by atoms with Gasteiger partial charge in [0.25, 0.3) is 11.8 Å². The van der Waals surface area contributed by atoms with E-state index in [2.05, 4.69) is 10.7 Å². The highest BCUT2D eigenvalue weighted by Crippen LogP contribution is 2.26. The Morgan fingerprint density at radius 1 is 0.917 bits per heavy atom. The molecule has 1 atom stereocenters. The number of nitrogens with zero attached hydrogens (tertiary/aromatic N) is 1. The minimum atomic E-state index is -0.781. The van der Waals surface area contributed by atoms with Gasteiger partial charge in [-0.2, -0.15) is 0 Å². The van der Waals surface area contributed by atoms with Crippen molar-refractivity contribution in [1.82, 2.24) is 10.4 Å². The predicted octanol–water partition coefficient (Wildman–Crippen LogP) is 3.19. The predicted molar refractivity (Wildman–Crippen MR) is 133 cm³/mol. The average Bonchev–Trinajstić information content (AvgIpc) is 3.25. The van der Waals surface area contributed by atoms with Gasteiger partial charge in [-0.05, 0) is 30.2 Å². The molecule has 0 unspecified atom stereocenters. The molecule has 0 aliphatic carbocycles. The first-order chi connectivity index (χ1) is 17.4. The third-order valence-corrected chi connectivity index (χ3v) is 5.91. The van der Waals surface area contributed by atoms with E-state index in [0.717, 1.165) is 21.7 Å². The molecule has 0 spiro atoms. The fraction of sp³-hybridized carbons (Fsp3) is 0.214. The van der Waals surface area contributed by atoms with Gasteiger partial charge in [0.15, 0.2) is 6.61 Å². The number of anilines is 1. The molecule has 36 heavy (non-hydrogen) atoms. The highest BCUT2D eigenvalue weighted by molar-refractivity contribution is 5.94. The Morgan fingerprint density at radius 2 is 1.50 bits per heavy atom. The number of carbonyl (C=O) groups excluding carboxylic acids is 4. The molecule has 0 bridgehead atoms. The quantitative estimate of drug-likeness (QED) is 0.477. The molecule has 8 heteroatoms. The zero-order chi connectivity index (χ0) is 25.5. The van der Waals surface area contributed by atoms with Gasteiger partial charge < -0.3 is 10.1 Å². The van der Waals surface area contributed by atoms with Gasteiger partial charge in [0, 0.05) is 12.1 Å². The van der Waals surface area contributed by atoms with Gasteiger partial charge in [0.05, 0.1) is 18.4 Å². The van der Waals surface area contributed by atoms with Gasteiger partial charge in [-0.3, -0.25) is 29.6 Å². The number of carbonyl (C=O) groups is 4. The molecule has 1 saturated heterocycles. The molecule has 3 aromatic rings. The highest BCUT2D eigenvalue weighted by atomic mass is 16.5. The minimum absolute atomic E-state index is 0.0285. The number of hydrogen-bond donors (Lipinski definition) is 2. The van der Waals surface area contributed by atoms with E-state index < -0.39 is 36.2 Å². The average molecular weight is 486 g/mol. The number of aryl methyl sites for hydroxylation is 1. The van der Waals surface area contributed by atoms with Crippen molar-refractivity contribution < 1.29 is 23.9 Å². The van der Waals surface area contributed by atoms with Crippen LogP contribution in [0.5, 0.6) is 0 Å². The van der Waals surface area contributed by atoms with Gasteiger partial charge in [-0.1, -0.05) is 78.4 Å². The van der Waals surface area contributed by atoms with Gasteiger partial charge in [0.1, 0.15) is 0 Å². The van der Waals surface area contributed by atoms with Crippen molar-refractivity contribution >= 4 is 29.4 Å². The van der Waals surface area contributed by atoms with Crippen LogP contribution in [0.15, 0.2) is 84.9 Å². The van der Waals surface area contributed by atoms with Crippen LogP contribution in [0.1, 0.15) is 29.0 Å². The Hall–Kier alpha value is -4.46. The number of hydrogen-bond acceptors (Lipinski definition) is 5. The third kappa shape index (κ3) is 6.15. The Kier molecular flexibility index (Phi) is 7.75. The molecular weight excluding hydrogens is 458 g/mol. The van der Waals surface area contributed by atoms with Gasteiger partial charge >= 0.3 is 5.97 Å². The van der Waals surface area contributed by atoms with Crippen LogP contribution in [-0.2, 0) is 23.9 Å². The molecule has 3 aromatic carbocycles. The van der Waals surface area contributed by atoms with Crippen LogP contribution in [0.4, 0.5) is 5.69 Å². The van der Waals surface area contributed by atoms with E-state index in [0.29, 0.717) is 5.69 Å². The van der Waals surface area contributed by atoms with Crippen molar-refractivity contribution in [2.75, 3.05) is 18.5 Å². The van der Waals surface area contributed by atoms with Crippen LogP contribution in [0, 0.1) is 12.8 Å². The van der Waals surface area contributed by atoms with Crippen LogP contribution in [-0.4, -0.2) is 41.9 Å². The summed E-state index contributed by atoms with van der Waals surface area (Å²) < 4.78 is 5.13. The van der Waals surface area contributed by atoms with Gasteiger partial charge in [-0.15, -0.1) is 0 Å². The van der Waals surface area contributed by atoms with Crippen LogP contribution in [0.25, 0.3) is 0 Å². The molecule has 2 N–H and O–H groups in total. The molecule has 0 aromatic heterocycles. The Labute approximate surface area is 209 Å². The molecule has 1 fully saturated rings. The Morgan fingerprint density at radius 3 is 2.08 bits per heavy atom. The van der Waals surface area contributed by atoms with Crippen molar-refractivity contribution in [2.24, 2.45) is 5.92 Å². The number of nitrogens with one attached hydrogen (secondary N) is 2. The lowest BCUT2D eigenvalue weighted by atomic mass is 9.91. The largest absolute Gasteiger partial charge is 0.455 e. The van der Waals surface area contributed by atoms with E-state index >= 15 is 0 Å². The number of rotatable bonds is 8. The number of benzene rings is 3. The maximum atomic E-state index is 13.3. The van der Waals surface area contributed by atoms with Crippen LogP contribution in [0.3, 0.4) is 0 Å². The standard InChI is InChI=1S/C28H27N3O5/c1-19-12-14-23(15-13-19)29-24(32)18-36-28(35)22-16-25(33)31(17-22)30-27(34)26(20-8-4-2-5-9-20)21-10-6-3-7-11-21/h2-15,22,26H,16-18H2,1H3,(H,29,32)(H,30,34)/t22-/m0/s1. The number of esters is 1. The zero-order valence-corrected chi connectivity index (χ0v) is 19.8. The van der Waals surface area contributed by atoms with Crippen molar-refractivity contribution in [1.29, 1.82) is 0 Å². The van der Waals surface area contributed by atoms with Gasteiger partial charge in [-0.25, -0.2) is 0 Å². The first-order valence-electron chi connectivity index (χ1n) is 11.6. The van der Waals surface area contributed by atoms with Crippen LogP contribution < -0.4 is 10.7 Å². The summed E-state index contributed by atoms with van der Waals surface area (Å²) in [5, 5.41) is 3.80. The topological polar surface area (TPSA) is 105 Å². The molecule has 3 amide bonds. The van der Waals surface area contributed by atoms with E-state index in [1.165, 1.54) is 0 Å². The molecule has 8 nitrogen and oxygen atoms in total. The van der Waals surface area contributed by atoms with E-state index in [4.69, 9.17) is 4.74 Å². The molecule has 4 rings (SSSR count). The third-order valence-electron chi connectivity index (χ3n) is 5.91. The molecule has 0 saturated carbocycles. The summed E-state index contributed by atoms with van der Waals surface area (Å²) >= 11 is 0. The summed E-state index contributed by atoms with van der Waals surface area (Å²) in [7, 11) is 0. The Balaban J connectivity index is 1.34. The summed E-state index contributed by atoms with van der Waals surface area (Å²) in [6.45, 7) is 1.44. The highest BCUT2D eigenvalue weighted by Gasteiger charge is 2.37. The maximum Gasteiger partial charge on any atom is 0.311 e. The lowest BCUT2D eigenvalue weighted by Gasteiger charge is -2.23. The van der Waals surface area contributed by atoms with E-state index in [1.54, 1.807) is 12.1 Å². The normalized spacial score (nSPS) is 15.0. The van der Waals surface area contributed by atoms with Crippen molar-refractivity contribution in [2.45, 2.75) is 19.3 Å². The SMILES string of the molecule is Cc1ccc(NC(=O)COC(=O)[C@H]2CC(=O)N(NC(=O)C(c3ccccc3)c3ccccc3)C2)cc1. The maximum absolute atomic E-state index is 13.3. The summed E-state index contributed by atoms with van der Waals surface area (Å²) in [5.41, 5.74) is 5.88. The molecule has 1 aliphatic rings. The van der Waals surface area contributed by atoms with Crippen molar-refractivity contribution in [3.05, 3.63) is 102 Å². The second kappa shape index (κ2) is 11.3. The van der Waals surface area contributed by atoms with E-state index in [-0.39, 0.29) is 18.9 Å². The first-order valence-corrected chi connectivity index (χ1v) is 11.6. The van der Waals surface area contributed by atoms with E-state index in [1.807, 2.05) is 79.7 Å². The first kappa shape index (κ1) is 24.7. The summed E-state index contributed by atoms with van der Waals surface area (Å²) in [5.74, 6) is -3.33. The number of ether oxygens (including phenoxy) is 1. The van der Waals surface area contributed by atoms with Crippen molar-refractivity contribution in [3.63, 3.8) is 0 Å². The van der Waals surface area contributed by atoms with E-state index in [9.17, 15) is 19.2 Å². The van der Waals surface area contributed by atoms with Crippen LogP contribution in [0.2, 0.25) is 0 Å². The zero-order valence-electron chi connectivity index (χ0n) is 19.8. The second-order valence-electron chi connectivity index (χ2n) is 8.66. The lowest BCUT2D eigenvalue weighted by Crippen LogP contribution is -2.45. The molecule has 1 heterocycles. The van der Waals surface area contributed by atoms with Gasteiger partial charge in [0.2, 0.25) is 5.91 Å². The smallest absolute Gasteiger partial charge is 0.311 e.